The van der Waals surface area contributed by atoms with Gasteiger partial charge in [-0.3, -0.25) is 14.9 Å². The van der Waals surface area contributed by atoms with Gasteiger partial charge in [-0.25, -0.2) is 5.43 Å². The van der Waals surface area contributed by atoms with E-state index in [0.29, 0.717) is 6.61 Å². The Balaban J connectivity index is 1.49. The second kappa shape index (κ2) is 10.7. The van der Waals surface area contributed by atoms with Crippen molar-refractivity contribution in [3.63, 3.8) is 0 Å². The largest absolute Gasteiger partial charge is 0.489 e. The highest BCUT2D eigenvalue weighted by Crippen LogP contribution is 2.26. The second-order valence-electron chi connectivity index (χ2n) is 7.06. The van der Waals surface area contributed by atoms with E-state index in [9.17, 15) is 14.9 Å². The number of nitrogens with zero attached hydrogens (tertiary/aromatic N) is 2. The van der Waals surface area contributed by atoms with Crippen molar-refractivity contribution < 1.29 is 19.2 Å². The lowest BCUT2D eigenvalue weighted by Crippen LogP contribution is -2.33. The van der Waals surface area contributed by atoms with E-state index in [0.717, 1.165) is 16.9 Å². The van der Waals surface area contributed by atoms with Gasteiger partial charge in [0.25, 0.3) is 5.91 Å². The molecule has 1 amide bonds. The Morgan fingerprint density at radius 2 is 1.78 bits per heavy atom. The molecule has 0 spiro atoms. The maximum absolute atomic E-state index is 12.2. The lowest BCUT2D eigenvalue weighted by molar-refractivity contribution is -0.386. The molecule has 3 rings (SSSR count). The van der Waals surface area contributed by atoms with Crippen molar-refractivity contribution in [2.24, 2.45) is 5.10 Å². The number of hydrogen-bond acceptors (Lipinski definition) is 6. The molecule has 32 heavy (non-hydrogen) atoms. The Kier molecular flexibility index (Phi) is 7.53. The summed E-state index contributed by atoms with van der Waals surface area (Å²) in [4.78, 5) is 22.7. The zero-order valence-corrected chi connectivity index (χ0v) is 17.7. The fraction of sp³-hybridized carbons (Fsp3) is 0.167. The third-order valence-corrected chi connectivity index (χ3v) is 4.53. The number of carbonyl (C=O) groups excluding carboxylic acids is 1. The Labute approximate surface area is 185 Å². The first-order valence-corrected chi connectivity index (χ1v) is 9.94. The van der Waals surface area contributed by atoms with Gasteiger partial charge in [0.05, 0.1) is 11.1 Å². The number of hydrogen-bond donors (Lipinski definition) is 1. The third-order valence-electron chi connectivity index (χ3n) is 4.53. The van der Waals surface area contributed by atoms with Crippen LogP contribution in [0.4, 0.5) is 5.69 Å². The summed E-state index contributed by atoms with van der Waals surface area (Å²) < 4.78 is 11.2. The Bertz CT molecular complexity index is 1100. The first-order valence-electron chi connectivity index (χ1n) is 9.94. The number of nitro benzene ring substituents is 1. The van der Waals surface area contributed by atoms with Crippen LogP contribution in [0.2, 0.25) is 0 Å². The van der Waals surface area contributed by atoms with Crippen molar-refractivity contribution in [2.45, 2.75) is 26.6 Å². The second-order valence-corrected chi connectivity index (χ2v) is 7.06. The van der Waals surface area contributed by atoms with E-state index in [-0.39, 0.29) is 11.4 Å². The predicted molar refractivity (Wildman–Crippen MR) is 121 cm³/mol. The average molecular weight is 433 g/mol. The number of benzene rings is 3. The van der Waals surface area contributed by atoms with E-state index >= 15 is 0 Å². The van der Waals surface area contributed by atoms with E-state index in [1.54, 1.807) is 6.07 Å². The summed E-state index contributed by atoms with van der Waals surface area (Å²) in [6, 6.07) is 21.3. The molecule has 1 atom stereocenters. The molecule has 0 saturated carbocycles. The number of rotatable bonds is 9. The van der Waals surface area contributed by atoms with Gasteiger partial charge in [-0.05, 0) is 55.3 Å². The molecular formula is C24H23N3O5. The Hall–Kier alpha value is -4.20. The quantitative estimate of drug-likeness (QED) is 0.306. The van der Waals surface area contributed by atoms with Crippen molar-refractivity contribution in [3.05, 3.63) is 99.6 Å². The van der Waals surface area contributed by atoms with Gasteiger partial charge in [0.2, 0.25) is 0 Å². The molecular weight excluding hydrogens is 410 g/mol. The van der Waals surface area contributed by atoms with Crippen molar-refractivity contribution in [1.82, 2.24) is 5.43 Å². The van der Waals surface area contributed by atoms with Crippen LogP contribution in [-0.2, 0) is 11.4 Å². The summed E-state index contributed by atoms with van der Waals surface area (Å²) in [5.41, 5.74) is 5.21. The Morgan fingerprint density at radius 1 is 1.09 bits per heavy atom. The Morgan fingerprint density at radius 3 is 2.47 bits per heavy atom. The smallest absolute Gasteiger partial charge is 0.310 e. The zero-order valence-electron chi connectivity index (χ0n) is 17.7. The van der Waals surface area contributed by atoms with E-state index < -0.39 is 16.9 Å². The van der Waals surface area contributed by atoms with Crippen LogP contribution in [-0.4, -0.2) is 23.1 Å². The zero-order chi connectivity index (χ0) is 22.9. The summed E-state index contributed by atoms with van der Waals surface area (Å²) in [6.07, 6.45) is 0.519. The van der Waals surface area contributed by atoms with E-state index in [1.807, 2.05) is 55.5 Å². The number of aryl methyl sites for hydroxylation is 1. The van der Waals surface area contributed by atoms with Gasteiger partial charge in [0, 0.05) is 6.07 Å². The molecule has 0 unspecified atom stereocenters. The summed E-state index contributed by atoms with van der Waals surface area (Å²) in [5, 5.41) is 15.0. The minimum absolute atomic E-state index is 0.0188. The molecule has 0 aromatic heterocycles. The lowest BCUT2D eigenvalue weighted by atomic mass is 10.2. The van der Waals surface area contributed by atoms with Gasteiger partial charge in [-0.2, -0.15) is 5.10 Å². The van der Waals surface area contributed by atoms with Gasteiger partial charge in [0.15, 0.2) is 11.9 Å². The number of amides is 1. The highest BCUT2D eigenvalue weighted by Gasteiger charge is 2.20. The molecule has 0 bridgehead atoms. The molecule has 8 nitrogen and oxygen atoms in total. The molecule has 0 radical (unpaired) electrons. The van der Waals surface area contributed by atoms with Crippen LogP contribution in [0.3, 0.4) is 0 Å². The monoisotopic (exact) mass is 433 g/mol. The number of nitrogens with one attached hydrogen (secondary N) is 1. The van der Waals surface area contributed by atoms with Gasteiger partial charge in [0.1, 0.15) is 12.4 Å². The minimum Gasteiger partial charge on any atom is -0.489 e. The van der Waals surface area contributed by atoms with Crippen LogP contribution < -0.4 is 14.9 Å². The highest BCUT2D eigenvalue weighted by molar-refractivity contribution is 5.84. The van der Waals surface area contributed by atoms with Crippen LogP contribution in [0.5, 0.6) is 11.5 Å². The molecule has 0 aliphatic rings. The predicted octanol–water partition coefficient (Wildman–Crippen LogP) is 4.40. The third kappa shape index (κ3) is 6.40. The van der Waals surface area contributed by atoms with Crippen LogP contribution in [0, 0.1) is 17.0 Å². The lowest BCUT2D eigenvalue weighted by Gasteiger charge is -2.12. The van der Waals surface area contributed by atoms with E-state index in [4.69, 9.17) is 9.47 Å². The SMILES string of the molecule is Cc1ccc(COc2ccc(/C=N\NC(=O)[C@H](C)Oc3ccccc3[N+](=O)[O-])cc2)cc1. The van der Waals surface area contributed by atoms with Crippen LogP contribution in [0.1, 0.15) is 23.6 Å². The summed E-state index contributed by atoms with van der Waals surface area (Å²) in [5.74, 6) is 0.209. The fourth-order valence-corrected chi connectivity index (χ4v) is 2.71. The molecule has 8 heteroatoms. The van der Waals surface area contributed by atoms with Gasteiger partial charge in [-0.15, -0.1) is 0 Å². The molecule has 0 heterocycles. The minimum atomic E-state index is -0.967. The number of para-hydroxylation sites is 2. The first-order chi connectivity index (χ1) is 15.4. The van der Waals surface area contributed by atoms with Gasteiger partial charge in [-0.1, -0.05) is 42.0 Å². The molecule has 3 aromatic rings. The number of ether oxygens (including phenoxy) is 2. The number of carbonyl (C=O) groups is 1. The molecule has 0 aliphatic heterocycles. The summed E-state index contributed by atoms with van der Waals surface area (Å²) >= 11 is 0. The van der Waals surface area contributed by atoms with Crippen molar-refractivity contribution in [1.29, 1.82) is 0 Å². The highest BCUT2D eigenvalue weighted by atomic mass is 16.6. The number of nitro groups is 1. The topological polar surface area (TPSA) is 103 Å². The maximum Gasteiger partial charge on any atom is 0.310 e. The van der Waals surface area contributed by atoms with Crippen LogP contribution >= 0.6 is 0 Å². The van der Waals surface area contributed by atoms with E-state index in [2.05, 4.69) is 10.5 Å². The van der Waals surface area contributed by atoms with Crippen LogP contribution in [0.25, 0.3) is 0 Å². The molecule has 1 N–H and O–H groups in total. The van der Waals surface area contributed by atoms with Crippen molar-refractivity contribution in [2.75, 3.05) is 0 Å². The average Bonchev–Trinajstić information content (AvgIpc) is 2.79. The molecule has 0 fully saturated rings. The molecule has 3 aromatic carbocycles. The van der Waals surface area contributed by atoms with Crippen molar-refractivity contribution in [3.8, 4) is 11.5 Å². The number of hydrazone groups is 1. The van der Waals surface area contributed by atoms with Gasteiger partial charge >= 0.3 is 5.69 Å². The standard InChI is InChI=1S/C24H23N3O5/c1-17-7-9-20(10-8-17)16-31-21-13-11-19(12-14-21)15-25-26-24(28)18(2)32-23-6-4-3-5-22(23)27(29)30/h3-15,18H,16H2,1-2H3,(H,26,28)/b25-15-/t18-/m0/s1. The van der Waals surface area contributed by atoms with Crippen molar-refractivity contribution >= 4 is 17.8 Å². The molecule has 0 aliphatic carbocycles. The maximum atomic E-state index is 12.2. The van der Waals surface area contributed by atoms with Gasteiger partial charge < -0.3 is 9.47 Å². The molecule has 0 saturated heterocycles. The molecule has 164 valence electrons. The van der Waals surface area contributed by atoms with E-state index in [1.165, 1.54) is 36.9 Å². The normalized spacial score (nSPS) is 11.7. The summed E-state index contributed by atoms with van der Waals surface area (Å²) in [6.45, 7) is 4.00. The summed E-state index contributed by atoms with van der Waals surface area (Å²) in [7, 11) is 0. The first kappa shape index (κ1) is 22.5. The fourth-order valence-electron chi connectivity index (χ4n) is 2.71. The van der Waals surface area contributed by atoms with Crippen LogP contribution in [0.15, 0.2) is 77.9 Å².